The molecule has 0 aliphatic rings. The summed E-state index contributed by atoms with van der Waals surface area (Å²) in [7, 11) is 1.35. The van der Waals surface area contributed by atoms with Crippen molar-refractivity contribution in [3.05, 3.63) is 40.4 Å². The van der Waals surface area contributed by atoms with Crippen molar-refractivity contribution in [3.8, 4) is 0 Å². The summed E-state index contributed by atoms with van der Waals surface area (Å²) in [6.45, 7) is 5.62. The Bertz CT molecular complexity index is 708. The van der Waals surface area contributed by atoms with E-state index >= 15 is 0 Å². The Morgan fingerprint density at radius 1 is 1.30 bits per heavy atom. The summed E-state index contributed by atoms with van der Waals surface area (Å²) in [5.41, 5.74) is 1.42. The second kappa shape index (κ2) is 7.61. The number of methoxy groups -OCH3 is 1. The molecule has 0 saturated carbocycles. The fourth-order valence-electron chi connectivity index (χ4n) is 1.85. The molecule has 1 atom stereocenters. The highest BCUT2D eigenvalue weighted by molar-refractivity contribution is 8.00. The van der Waals surface area contributed by atoms with E-state index in [4.69, 9.17) is 4.74 Å². The van der Waals surface area contributed by atoms with Gasteiger partial charge in [-0.3, -0.25) is 14.9 Å². The standard InChI is InChI=1S/C16H18N2O3S2/c1-9-10(2)23-16(17-9)18-14(19)12-7-5-6-8-13(12)22-11(3)15(20)21-4/h5-8,11H,1-4H3,(H,17,18,19)/t11-/m0/s1. The number of nitrogens with zero attached hydrogens (tertiary/aromatic N) is 1. The number of carbonyl (C=O) groups excluding carboxylic acids is 2. The van der Waals surface area contributed by atoms with E-state index in [2.05, 4.69) is 10.3 Å². The Morgan fingerprint density at radius 3 is 2.61 bits per heavy atom. The molecule has 0 aliphatic carbocycles. The van der Waals surface area contributed by atoms with Gasteiger partial charge >= 0.3 is 5.97 Å². The third kappa shape index (κ3) is 4.33. The monoisotopic (exact) mass is 350 g/mol. The molecule has 23 heavy (non-hydrogen) atoms. The van der Waals surface area contributed by atoms with Gasteiger partial charge in [0.1, 0.15) is 5.25 Å². The van der Waals surface area contributed by atoms with Crippen LogP contribution in [0, 0.1) is 13.8 Å². The molecule has 1 aromatic carbocycles. The number of thiazole rings is 1. The first-order valence-electron chi connectivity index (χ1n) is 7.01. The fraction of sp³-hybridized carbons (Fsp3) is 0.312. The van der Waals surface area contributed by atoms with Crippen LogP contribution in [-0.2, 0) is 9.53 Å². The molecule has 0 fully saturated rings. The number of rotatable bonds is 5. The molecule has 2 rings (SSSR count). The van der Waals surface area contributed by atoms with Gasteiger partial charge in [-0.05, 0) is 32.9 Å². The zero-order valence-corrected chi connectivity index (χ0v) is 15.0. The Balaban J connectivity index is 2.18. The first kappa shape index (κ1) is 17.5. The van der Waals surface area contributed by atoms with Crippen molar-refractivity contribution in [1.29, 1.82) is 0 Å². The second-order valence-corrected chi connectivity index (χ2v) is 7.48. The molecule has 0 saturated heterocycles. The van der Waals surface area contributed by atoms with Crippen LogP contribution in [0.25, 0.3) is 0 Å². The summed E-state index contributed by atoms with van der Waals surface area (Å²) in [4.78, 5) is 30.2. The molecular formula is C16H18N2O3S2. The zero-order valence-electron chi connectivity index (χ0n) is 13.4. The number of amides is 1. The number of hydrogen-bond donors (Lipinski definition) is 1. The van der Waals surface area contributed by atoms with Gasteiger partial charge in [0.15, 0.2) is 5.13 Å². The number of benzene rings is 1. The molecule has 0 unspecified atom stereocenters. The van der Waals surface area contributed by atoms with E-state index in [1.807, 2.05) is 26.0 Å². The van der Waals surface area contributed by atoms with Gasteiger partial charge in [0.05, 0.1) is 18.4 Å². The van der Waals surface area contributed by atoms with Gasteiger partial charge in [-0.15, -0.1) is 23.1 Å². The molecule has 5 nitrogen and oxygen atoms in total. The van der Waals surface area contributed by atoms with Crippen molar-refractivity contribution >= 4 is 40.1 Å². The summed E-state index contributed by atoms with van der Waals surface area (Å²) < 4.78 is 4.73. The molecule has 1 amide bonds. The normalized spacial score (nSPS) is 11.8. The van der Waals surface area contributed by atoms with Crippen LogP contribution in [-0.4, -0.2) is 29.2 Å². The summed E-state index contributed by atoms with van der Waals surface area (Å²) >= 11 is 2.74. The van der Waals surface area contributed by atoms with Gasteiger partial charge in [0, 0.05) is 9.77 Å². The molecule has 122 valence electrons. The number of esters is 1. The first-order valence-corrected chi connectivity index (χ1v) is 8.71. The van der Waals surface area contributed by atoms with E-state index in [9.17, 15) is 9.59 Å². The van der Waals surface area contributed by atoms with Crippen LogP contribution in [0.15, 0.2) is 29.2 Å². The van der Waals surface area contributed by atoms with Gasteiger partial charge < -0.3 is 4.74 Å². The van der Waals surface area contributed by atoms with Gasteiger partial charge in [-0.2, -0.15) is 0 Å². The number of carbonyl (C=O) groups is 2. The molecule has 1 aromatic heterocycles. The maximum Gasteiger partial charge on any atom is 0.318 e. The van der Waals surface area contributed by atoms with Gasteiger partial charge in [0.25, 0.3) is 5.91 Å². The van der Waals surface area contributed by atoms with E-state index in [-0.39, 0.29) is 11.9 Å². The van der Waals surface area contributed by atoms with E-state index in [1.54, 1.807) is 19.1 Å². The average Bonchev–Trinajstić information content (AvgIpc) is 2.84. The highest BCUT2D eigenvalue weighted by atomic mass is 32.2. The topological polar surface area (TPSA) is 68.3 Å². The largest absolute Gasteiger partial charge is 0.468 e. The number of hydrogen-bond acceptors (Lipinski definition) is 6. The third-order valence-electron chi connectivity index (χ3n) is 3.22. The van der Waals surface area contributed by atoms with Crippen molar-refractivity contribution in [2.75, 3.05) is 12.4 Å². The van der Waals surface area contributed by atoms with Crippen molar-refractivity contribution in [3.63, 3.8) is 0 Å². The quantitative estimate of drug-likeness (QED) is 0.658. The fourth-order valence-corrected chi connectivity index (χ4v) is 3.68. The maximum atomic E-state index is 12.5. The van der Waals surface area contributed by atoms with E-state index in [0.717, 1.165) is 15.5 Å². The lowest BCUT2D eigenvalue weighted by Crippen LogP contribution is -2.17. The van der Waals surface area contributed by atoms with Crippen LogP contribution in [0.4, 0.5) is 5.13 Å². The number of nitrogens with one attached hydrogen (secondary N) is 1. The Kier molecular flexibility index (Phi) is 5.79. The minimum atomic E-state index is -0.390. The van der Waals surface area contributed by atoms with E-state index in [1.165, 1.54) is 30.2 Å². The lowest BCUT2D eigenvalue weighted by Gasteiger charge is -2.12. The zero-order chi connectivity index (χ0) is 17.0. The summed E-state index contributed by atoms with van der Waals surface area (Å²) in [5, 5.41) is 3.00. The molecule has 7 heteroatoms. The molecule has 0 aliphatic heterocycles. The molecule has 1 N–H and O–H groups in total. The number of anilines is 1. The Morgan fingerprint density at radius 2 is 2.00 bits per heavy atom. The van der Waals surface area contributed by atoms with Crippen LogP contribution in [0.3, 0.4) is 0 Å². The number of aryl methyl sites for hydroxylation is 2. The summed E-state index contributed by atoms with van der Waals surface area (Å²) in [6.07, 6.45) is 0. The Labute approximate surface area is 143 Å². The number of thioether (sulfide) groups is 1. The average molecular weight is 350 g/mol. The smallest absolute Gasteiger partial charge is 0.318 e. The lowest BCUT2D eigenvalue weighted by molar-refractivity contribution is -0.139. The molecule has 0 bridgehead atoms. The predicted molar refractivity (Wildman–Crippen MR) is 93.3 cm³/mol. The van der Waals surface area contributed by atoms with Crippen LogP contribution < -0.4 is 5.32 Å². The molecule has 0 spiro atoms. The van der Waals surface area contributed by atoms with Crippen molar-refractivity contribution in [2.24, 2.45) is 0 Å². The van der Waals surface area contributed by atoms with Crippen molar-refractivity contribution in [2.45, 2.75) is 30.9 Å². The van der Waals surface area contributed by atoms with Crippen molar-refractivity contribution < 1.29 is 14.3 Å². The third-order valence-corrected chi connectivity index (χ3v) is 5.36. The predicted octanol–water partition coefficient (Wildman–Crippen LogP) is 3.67. The maximum absolute atomic E-state index is 12.5. The van der Waals surface area contributed by atoms with Crippen LogP contribution >= 0.6 is 23.1 Å². The van der Waals surface area contributed by atoms with Crippen LogP contribution in [0.5, 0.6) is 0 Å². The van der Waals surface area contributed by atoms with E-state index in [0.29, 0.717) is 10.7 Å². The lowest BCUT2D eigenvalue weighted by atomic mass is 10.2. The molecular weight excluding hydrogens is 332 g/mol. The Hall–Kier alpha value is -1.86. The number of aromatic nitrogens is 1. The summed E-state index contributed by atoms with van der Waals surface area (Å²) in [6, 6.07) is 7.17. The van der Waals surface area contributed by atoms with Gasteiger partial charge in [-0.1, -0.05) is 12.1 Å². The highest BCUT2D eigenvalue weighted by Gasteiger charge is 2.19. The summed E-state index contributed by atoms with van der Waals surface area (Å²) in [5.74, 6) is -0.560. The first-order chi connectivity index (χ1) is 10.9. The highest BCUT2D eigenvalue weighted by Crippen LogP contribution is 2.29. The molecule has 2 aromatic rings. The minimum Gasteiger partial charge on any atom is -0.468 e. The molecule has 0 radical (unpaired) electrons. The van der Waals surface area contributed by atoms with Crippen LogP contribution in [0.1, 0.15) is 27.9 Å². The van der Waals surface area contributed by atoms with Crippen LogP contribution in [0.2, 0.25) is 0 Å². The number of ether oxygens (including phenoxy) is 1. The molecule has 1 heterocycles. The van der Waals surface area contributed by atoms with Gasteiger partial charge in [-0.25, -0.2) is 4.98 Å². The van der Waals surface area contributed by atoms with Crippen molar-refractivity contribution in [1.82, 2.24) is 4.98 Å². The van der Waals surface area contributed by atoms with Gasteiger partial charge in [0.2, 0.25) is 0 Å². The second-order valence-electron chi connectivity index (χ2n) is 4.89. The minimum absolute atomic E-state index is 0.237. The van der Waals surface area contributed by atoms with E-state index < -0.39 is 5.25 Å². The SMILES string of the molecule is COC(=O)[C@H](C)Sc1ccccc1C(=O)Nc1nc(C)c(C)s1.